The number of methoxy groups -OCH3 is 1. The van der Waals surface area contributed by atoms with Crippen molar-refractivity contribution in [1.29, 1.82) is 0 Å². The first-order chi connectivity index (χ1) is 14.9. The van der Waals surface area contributed by atoms with Gasteiger partial charge in [-0.3, -0.25) is 9.59 Å². The average molecular weight is 479 g/mol. The van der Waals surface area contributed by atoms with Crippen LogP contribution in [0.25, 0.3) is 11.0 Å². The van der Waals surface area contributed by atoms with E-state index in [1.54, 1.807) is 36.4 Å². The Morgan fingerprint density at radius 3 is 2.19 bits per heavy atom. The van der Waals surface area contributed by atoms with Gasteiger partial charge in [-0.25, -0.2) is 0 Å². The van der Waals surface area contributed by atoms with Gasteiger partial charge in [0.25, 0.3) is 11.8 Å². The van der Waals surface area contributed by atoms with Crippen LogP contribution in [0.4, 0.5) is 11.4 Å². The van der Waals surface area contributed by atoms with Gasteiger partial charge in [0, 0.05) is 21.2 Å². The monoisotopic (exact) mass is 478 g/mol. The van der Waals surface area contributed by atoms with Crippen LogP contribution in [-0.4, -0.2) is 18.9 Å². The summed E-state index contributed by atoms with van der Waals surface area (Å²) in [4.78, 5) is 25.2. The highest BCUT2D eigenvalue weighted by Gasteiger charge is 2.16. The van der Waals surface area contributed by atoms with Gasteiger partial charge in [0.1, 0.15) is 11.3 Å². The number of amides is 2. The molecule has 0 atom stereocenters. The zero-order chi connectivity index (χ0) is 22.0. The minimum Gasteiger partial charge on any atom is -0.496 e. The lowest BCUT2D eigenvalue weighted by Crippen LogP contribution is -2.14. The molecule has 0 saturated heterocycles. The number of anilines is 2. The molecule has 4 rings (SSSR count). The van der Waals surface area contributed by atoms with Crippen LogP contribution in [0.1, 0.15) is 26.5 Å². The van der Waals surface area contributed by atoms with E-state index in [1.807, 2.05) is 37.3 Å². The highest BCUT2D eigenvalue weighted by Crippen LogP contribution is 2.29. The lowest BCUT2D eigenvalue weighted by Gasteiger charge is -2.13. The maximum atomic E-state index is 12.7. The fourth-order valence-corrected chi connectivity index (χ4v) is 3.86. The van der Waals surface area contributed by atoms with E-state index in [-0.39, 0.29) is 17.6 Å². The van der Waals surface area contributed by atoms with E-state index in [0.717, 1.165) is 15.4 Å². The molecule has 0 aliphatic rings. The molecule has 0 aliphatic heterocycles. The Balaban J connectivity index is 1.46. The summed E-state index contributed by atoms with van der Waals surface area (Å²) in [6, 6.07) is 19.6. The Bertz CT molecular complexity index is 1250. The van der Waals surface area contributed by atoms with Crippen LogP contribution in [-0.2, 0) is 0 Å². The maximum absolute atomic E-state index is 12.7. The van der Waals surface area contributed by atoms with Crippen LogP contribution >= 0.6 is 15.9 Å². The number of ether oxygens (including phenoxy) is 1. The molecule has 156 valence electrons. The van der Waals surface area contributed by atoms with Gasteiger partial charge in [-0.15, -0.1) is 0 Å². The summed E-state index contributed by atoms with van der Waals surface area (Å²) in [6.45, 7) is 1.87. The molecular weight excluding hydrogens is 460 g/mol. The number of nitrogens with one attached hydrogen (secondary N) is 2. The molecule has 4 aromatic rings. The number of para-hydroxylation sites is 1. The maximum Gasteiger partial charge on any atom is 0.291 e. The number of aryl methyl sites for hydroxylation is 1. The SMILES string of the molecule is COc1c(C)cc(Br)cc1C(=O)Nc1ccc(NC(=O)c2cc3ccccc3o2)cc1. The normalized spacial score (nSPS) is 10.7. The third-order valence-corrected chi connectivity index (χ3v) is 5.20. The topological polar surface area (TPSA) is 80.6 Å². The number of hydrogen-bond donors (Lipinski definition) is 2. The molecule has 2 N–H and O–H groups in total. The number of rotatable bonds is 5. The predicted molar refractivity (Wildman–Crippen MR) is 124 cm³/mol. The molecule has 0 radical (unpaired) electrons. The number of benzene rings is 3. The van der Waals surface area contributed by atoms with Gasteiger partial charge in [0.05, 0.1) is 12.7 Å². The number of hydrogen-bond acceptors (Lipinski definition) is 4. The van der Waals surface area contributed by atoms with Crippen molar-refractivity contribution in [2.45, 2.75) is 6.92 Å². The summed E-state index contributed by atoms with van der Waals surface area (Å²) < 4.78 is 11.8. The first-order valence-corrected chi connectivity index (χ1v) is 10.3. The number of furan rings is 1. The second kappa shape index (κ2) is 8.65. The molecule has 31 heavy (non-hydrogen) atoms. The highest BCUT2D eigenvalue weighted by molar-refractivity contribution is 9.10. The van der Waals surface area contributed by atoms with Crippen LogP contribution in [0.3, 0.4) is 0 Å². The molecule has 7 heteroatoms. The zero-order valence-corrected chi connectivity index (χ0v) is 18.4. The largest absolute Gasteiger partial charge is 0.496 e. The van der Waals surface area contributed by atoms with Crippen LogP contribution in [0.5, 0.6) is 5.75 Å². The first-order valence-electron chi connectivity index (χ1n) is 9.50. The van der Waals surface area contributed by atoms with E-state index in [0.29, 0.717) is 28.3 Å². The molecule has 6 nitrogen and oxygen atoms in total. The van der Waals surface area contributed by atoms with Crippen LogP contribution < -0.4 is 15.4 Å². The third kappa shape index (κ3) is 4.46. The smallest absolute Gasteiger partial charge is 0.291 e. The van der Waals surface area contributed by atoms with Crippen molar-refractivity contribution in [3.8, 4) is 5.75 Å². The van der Waals surface area contributed by atoms with E-state index in [4.69, 9.17) is 9.15 Å². The molecule has 1 aromatic heterocycles. The molecule has 0 fully saturated rings. The van der Waals surface area contributed by atoms with Crippen molar-refractivity contribution >= 4 is 50.1 Å². The molecule has 0 spiro atoms. The molecule has 3 aromatic carbocycles. The van der Waals surface area contributed by atoms with E-state index < -0.39 is 0 Å². The number of carbonyl (C=O) groups is 2. The average Bonchev–Trinajstić information content (AvgIpc) is 3.19. The highest BCUT2D eigenvalue weighted by atomic mass is 79.9. The van der Waals surface area contributed by atoms with Crippen LogP contribution in [0.2, 0.25) is 0 Å². The van der Waals surface area contributed by atoms with E-state index in [1.165, 1.54) is 7.11 Å². The number of fused-ring (bicyclic) bond motifs is 1. The van der Waals surface area contributed by atoms with Crippen molar-refractivity contribution < 1.29 is 18.7 Å². The first kappa shape index (κ1) is 20.7. The summed E-state index contributed by atoms with van der Waals surface area (Å²) >= 11 is 3.41. The fourth-order valence-electron chi connectivity index (χ4n) is 3.29. The molecule has 0 unspecified atom stereocenters. The number of carbonyl (C=O) groups excluding carboxylic acids is 2. The third-order valence-electron chi connectivity index (χ3n) is 4.74. The van der Waals surface area contributed by atoms with Crippen molar-refractivity contribution in [2.75, 3.05) is 17.7 Å². The minimum absolute atomic E-state index is 0.232. The Kier molecular flexibility index (Phi) is 5.77. The van der Waals surface area contributed by atoms with Gasteiger partial charge in [0.2, 0.25) is 0 Å². The van der Waals surface area contributed by atoms with Crippen LogP contribution in [0, 0.1) is 6.92 Å². The standard InChI is InChI=1S/C24H19BrN2O4/c1-14-11-16(25)13-19(22(14)30-2)23(28)26-17-7-9-18(10-8-17)27-24(29)21-12-15-5-3-4-6-20(15)31-21/h3-13H,1-2H3,(H,26,28)(H,27,29). The van der Waals surface area contributed by atoms with Gasteiger partial charge in [-0.2, -0.15) is 0 Å². The summed E-state index contributed by atoms with van der Waals surface area (Å²) in [7, 11) is 1.53. The predicted octanol–water partition coefficient (Wildman–Crippen LogP) is 6.02. The Hall–Kier alpha value is -3.58. The zero-order valence-electron chi connectivity index (χ0n) is 16.9. The lowest BCUT2D eigenvalue weighted by atomic mass is 10.1. The van der Waals surface area contributed by atoms with E-state index in [2.05, 4.69) is 26.6 Å². The summed E-state index contributed by atoms with van der Waals surface area (Å²) in [5, 5.41) is 6.50. The molecule has 2 amide bonds. The second-order valence-electron chi connectivity index (χ2n) is 6.94. The van der Waals surface area contributed by atoms with Gasteiger partial charge in [-0.05, 0) is 61.0 Å². The van der Waals surface area contributed by atoms with Crippen molar-refractivity contribution in [1.82, 2.24) is 0 Å². The molecule has 0 aliphatic carbocycles. The van der Waals surface area contributed by atoms with Crippen molar-refractivity contribution in [3.05, 3.63) is 88.1 Å². The van der Waals surface area contributed by atoms with Gasteiger partial charge >= 0.3 is 0 Å². The molecule has 1 heterocycles. The van der Waals surface area contributed by atoms with Gasteiger partial charge in [-0.1, -0.05) is 34.1 Å². The molecule has 0 bridgehead atoms. The van der Waals surface area contributed by atoms with Crippen LogP contribution in [0.15, 0.2) is 75.6 Å². The fraction of sp³-hybridized carbons (Fsp3) is 0.0833. The number of halogens is 1. The molecule has 0 saturated carbocycles. The summed E-state index contributed by atoms with van der Waals surface area (Å²) in [5.41, 5.74) is 3.11. The quantitative estimate of drug-likeness (QED) is 0.367. The Morgan fingerprint density at radius 1 is 0.903 bits per heavy atom. The lowest BCUT2D eigenvalue weighted by molar-refractivity contribution is 0.0996. The van der Waals surface area contributed by atoms with E-state index >= 15 is 0 Å². The van der Waals surface area contributed by atoms with Crippen molar-refractivity contribution in [3.63, 3.8) is 0 Å². The summed E-state index contributed by atoms with van der Waals surface area (Å²) in [5.74, 6) is 0.119. The van der Waals surface area contributed by atoms with Crippen molar-refractivity contribution in [2.24, 2.45) is 0 Å². The minimum atomic E-state index is -0.345. The molecular formula is C24H19BrN2O4. The summed E-state index contributed by atoms with van der Waals surface area (Å²) in [6.07, 6.45) is 0. The Labute approximate surface area is 187 Å². The van der Waals surface area contributed by atoms with E-state index in [9.17, 15) is 9.59 Å². The van der Waals surface area contributed by atoms with Gasteiger partial charge in [0.15, 0.2) is 5.76 Å². The Morgan fingerprint density at radius 2 is 1.55 bits per heavy atom. The second-order valence-corrected chi connectivity index (χ2v) is 7.85. The van der Waals surface area contributed by atoms with Gasteiger partial charge < -0.3 is 19.8 Å².